The summed E-state index contributed by atoms with van der Waals surface area (Å²) < 4.78 is 76.8. The van der Waals surface area contributed by atoms with E-state index in [-0.39, 0.29) is 17.2 Å². The van der Waals surface area contributed by atoms with Gasteiger partial charge < -0.3 is 0 Å². The maximum Gasteiger partial charge on any atom is 0.416 e. The van der Waals surface area contributed by atoms with Crippen molar-refractivity contribution >= 4 is 5.57 Å². The van der Waals surface area contributed by atoms with Gasteiger partial charge in [0.15, 0.2) is 0 Å². The van der Waals surface area contributed by atoms with Crippen molar-refractivity contribution in [2.75, 3.05) is 0 Å². The molecule has 0 fully saturated rings. The van der Waals surface area contributed by atoms with Crippen molar-refractivity contribution in [3.8, 4) is 0 Å². The maximum atomic E-state index is 12.8. The molecule has 0 saturated heterocycles. The van der Waals surface area contributed by atoms with Crippen LogP contribution in [0.2, 0.25) is 0 Å². The van der Waals surface area contributed by atoms with Crippen molar-refractivity contribution < 1.29 is 26.3 Å². The second kappa shape index (κ2) is 5.51. The zero-order chi connectivity index (χ0) is 16.5. The minimum absolute atomic E-state index is 0.0746. The molecule has 0 aromatic heterocycles. The minimum Gasteiger partial charge on any atom is -0.166 e. The third kappa shape index (κ3) is 3.50. The lowest BCUT2D eigenvalue weighted by atomic mass is 9.95. The van der Waals surface area contributed by atoms with Crippen LogP contribution in [0.3, 0.4) is 0 Å². The highest BCUT2D eigenvalue weighted by atomic mass is 19.4. The summed E-state index contributed by atoms with van der Waals surface area (Å²) in [5.74, 6) is 0. The average molecular weight is 315 g/mol. The van der Waals surface area contributed by atoms with Crippen LogP contribution in [0.4, 0.5) is 26.3 Å². The van der Waals surface area contributed by atoms with Gasteiger partial charge in [0.2, 0.25) is 0 Å². The molecule has 0 nitrogen and oxygen atoms in total. The van der Waals surface area contributed by atoms with E-state index in [4.69, 9.17) is 0 Å². The molecule has 0 saturated carbocycles. The van der Waals surface area contributed by atoms with E-state index in [9.17, 15) is 26.3 Å². The topological polar surface area (TPSA) is 0 Å². The fourth-order valence-corrected chi connectivity index (χ4v) is 1.88. The first-order valence-corrected chi connectivity index (χ1v) is 6.04. The summed E-state index contributed by atoms with van der Waals surface area (Å²) in [4.78, 5) is 0. The van der Waals surface area contributed by atoms with Crippen molar-refractivity contribution in [3.63, 3.8) is 0 Å². The number of halogens is 6. The molecule has 0 aliphatic heterocycles. The van der Waals surface area contributed by atoms with E-state index in [0.29, 0.717) is 17.7 Å². The van der Waals surface area contributed by atoms with Crippen LogP contribution in [-0.4, -0.2) is 0 Å². The van der Waals surface area contributed by atoms with Gasteiger partial charge in [-0.05, 0) is 41.0 Å². The van der Waals surface area contributed by atoms with Crippen LogP contribution in [0, 0.1) is 6.07 Å². The number of benzene rings is 2. The van der Waals surface area contributed by atoms with Crippen LogP contribution >= 0.6 is 0 Å². The molecule has 0 bridgehead atoms. The molecule has 0 amide bonds. The van der Waals surface area contributed by atoms with Crippen LogP contribution in [-0.2, 0) is 12.4 Å². The largest absolute Gasteiger partial charge is 0.416 e. The van der Waals surface area contributed by atoms with Gasteiger partial charge in [0.1, 0.15) is 0 Å². The van der Waals surface area contributed by atoms with E-state index in [0.717, 1.165) is 0 Å². The lowest BCUT2D eigenvalue weighted by Crippen LogP contribution is -2.11. The van der Waals surface area contributed by atoms with Crippen LogP contribution in [0.1, 0.15) is 22.3 Å². The summed E-state index contributed by atoms with van der Waals surface area (Å²) in [6, 6.07) is 10.1. The Balaban J connectivity index is 2.58. The third-order valence-corrected chi connectivity index (χ3v) is 3.00. The number of hydrogen-bond donors (Lipinski definition) is 0. The molecular weight excluding hydrogens is 306 g/mol. The van der Waals surface area contributed by atoms with Gasteiger partial charge in [-0.1, -0.05) is 30.8 Å². The lowest BCUT2D eigenvalue weighted by molar-refractivity contribution is -0.143. The van der Waals surface area contributed by atoms with Gasteiger partial charge >= 0.3 is 12.4 Å². The molecule has 2 aromatic carbocycles. The molecule has 0 spiro atoms. The van der Waals surface area contributed by atoms with Crippen LogP contribution in [0.25, 0.3) is 5.57 Å². The summed E-state index contributed by atoms with van der Waals surface area (Å²) in [5.41, 5.74) is -2.45. The van der Waals surface area contributed by atoms with Crippen molar-refractivity contribution in [2.24, 2.45) is 0 Å². The zero-order valence-electron chi connectivity index (χ0n) is 11.0. The van der Waals surface area contributed by atoms with Crippen molar-refractivity contribution in [3.05, 3.63) is 77.4 Å². The SMILES string of the molecule is C=C(c1cc[c]cc1)c1cc(C(F)(F)F)cc(C(F)(F)F)c1. The Labute approximate surface area is 122 Å². The zero-order valence-corrected chi connectivity index (χ0v) is 11.0. The Morgan fingerprint density at radius 1 is 0.773 bits per heavy atom. The van der Waals surface area contributed by atoms with Crippen LogP contribution < -0.4 is 0 Å². The molecule has 0 heterocycles. The van der Waals surface area contributed by atoms with Crippen LogP contribution in [0.5, 0.6) is 0 Å². The second-order valence-corrected chi connectivity index (χ2v) is 4.56. The maximum absolute atomic E-state index is 12.8. The number of alkyl halides is 6. The first-order valence-electron chi connectivity index (χ1n) is 6.04. The molecule has 1 radical (unpaired) electrons. The average Bonchev–Trinajstić information content (AvgIpc) is 2.45. The molecular formula is C16H9F6. The quantitative estimate of drug-likeness (QED) is 0.634. The van der Waals surface area contributed by atoms with Gasteiger partial charge in [-0.2, -0.15) is 26.3 Å². The van der Waals surface area contributed by atoms with Gasteiger partial charge in [-0.15, -0.1) is 0 Å². The highest BCUT2D eigenvalue weighted by Crippen LogP contribution is 2.38. The summed E-state index contributed by atoms with van der Waals surface area (Å²) in [7, 11) is 0. The molecule has 115 valence electrons. The number of hydrogen-bond acceptors (Lipinski definition) is 0. The molecule has 2 aromatic rings. The molecule has 22 heavy (non-hydrogen) atoms. The highest BCUT2D eigenvalue weighted by Gasteiger charge is 2.37. The van der Waals surface area contributed by atoms with E-state index in [2.05, 4.69) is 12.6 Å². The highest BCUT2D eigenvalue weighted by molar-refractivity contribution is 5.78. The predicted octanol–water partition coefficient (Wildman–Crippen LogP) is 5.59. The van der Waals surface area contributed by atoms with E-state index in [1.54, 1.807) is 0 Å². The summed E-state index contributed by atoms with van der Waals surface area (Å²) in [6.45, 7) is 3.59. The molecule has 0 aliphatic carbocycles. The molecule has 0 unspecified atom stereocenters. The van der Waals surface area contributed by atoms with Gasteiger partial charge in [-0.3, -0.25) is 0 Å². The Hall–Kier alpha value is -2.24. The third-order valence-electron chi connectivity index (χ3n) is 3.00. The second-order valence-electron chi connectivity index (χ2n) is 4.56. The molecule has 0 atom stereocenters. The fraction of sp³-hybridized carbons (Fsp3) is 0.125. The van der Waals surface area contributed by atoms with Gasteiger partial charge in [-0.25, -0.2) is 0 Å². The summed E-state index contributed by atoms with van der Waals surface area (Å²) in [5, 5.41) is 0. The minimum atomic E-state index is -4.87. The van der Waals surface area contributed by atoms with Crippen molar-refractivity contribution in [1.29, 1.82) is 0 Å². The normalized spacial score (nSPS) is 12.3. The van der Waals surface area contributed by atoms with Crippen molar-refractivity contribution in [2.45, 2.75) is 12.4 Å². The monoisotopic (exact) mass is 315 g/mol. The summed E-state index contributed by atoms with van der Waals surface area (Å²) >= 11 is 0. The molecule has 2 rings (SSSR count). The molecule has 6 heteroatoms. The smallest absolute Gasteiger partial charge is 0.166 e. The van der Waals surface area contributed by atoms with Gasteiger partial charge in [0, 0.05) is 0 Å². The standard InChI is InChI=1S/C16H9F6/c1-10(11-5-3-2-4-6-11)12-7-13(15(17,18)19)9-14(8-12)16(20,21)22/h3-9H,1H2. The van der Waals surface area contributed by atoms with Crippen LogP contribution in [0.15, 0.2) is 49.0 Å². The Morgan fingerprint density at radius 2 is 1.23 bits per heavy atom. The van der Waals surface area contributed by atoms with Gasteiger partial charge in [0.25, 0.3) is 0 Å². The Kier molecular flexibility index (Phi) is 4.04. The first kappa shape index (κ1) is 16.1. The fourth-order valence-electron chi connectivity index (χ4n) is 1.88. The first-order chi connectivity index (χ1) is 10.1. The lowest BCUT2D eigenvalue weighted by Gasteiger charge is -2.15. The van der Waals surface area contributed by atoms with E-state index in [1.807, 2.05) is 0 Å². The number of rotatable bonds is 2. The van der Waals surface area contributed by atoms with Crippen molar-refractivity contribution in [1.82, 2.24) is 0 Å². The molecule has 0 N–H and O–H groups in total. The predicted molar refractivity (Wildman–Crippen MR) is 69.9 cm³/mol. The Morgan fingerprint density at radius 3 is 1.64 bits per heavy atom. The van der Waals surface area contributed by atoms with Gasteiger partial charge in [0.05, 0.1) is 11.1 Å². The van der Waals surface area contributed by atoms with E-state index < -0.39 is 23.5 Å². The summed E-state index contributed by atoms with van der Waals surface area (Å²) in [6.07, 6.45) is -9.75. The molecule has 0 aliphatic rings. The van der Waals surface area contributed by atoms with E-state index >= 15 is 0 Å². The van der Waals surface area contributed by atoms with E-state index in [1.165, 1.54) is 24.3 Å². The Bertz CT molecular complexity index is 648.